The number of aromatic nitrogens is 6. The van der Waals surface area contributed by atoms with Gasteiger partial charge in [-0.05, 0) is 48.0 Å². The molecule has 3 aromatic carbocycles. The van der Waals surface area contributed by atoms with E-state index >= 15 is 0 Å². The van der Waals surface area contributed by atoms with Crippen LogP contribution in [0.2, 0.25) is 0 Å². The third-order valence-corrected chi connectivity index (χ3v) is 7.07. The summed E-state index contributed by atoms with van der Waals surface area (Å²) >= 11 is 0. The third kappa shape index (κ3) is 7.24. The summed E-state index contributed by atoms with van der Waals surface area (Å²) in [5.74, 6) is 0.364. The summed E-state index contributed by atoms with van der Waals surface area (Å²) in [6.45, 7) is 2.32. The van der Waals surface area contributed by atoms with Crippen molar-refractivity contribution in [3.8, 4) is 34.5 Å². The van der Waals surface area contributed by atoms with Crippen LogP contribution in [0.3, 0.4) is 0 Å². The van der Waals surface area contributed by atoms with Gasteiger partial charge >= 0.3 is 0 Å². The Labute approximate surface area is 260 Å². The highest BCUT2D eigenvalue weighted by Gasteiger charge is 2.15. The maximum absolute atomic E-state index is 12.8. The molecule has 1 atom stereocenters. The van der Waals surface area contributed by atoms with Crippen LogP contribution in [0.5, 0.6) is 5.75 Å². The molecule has 0 saturated heterocycles. The summed E-state index contributed by atoms with van der Waals surface area (Å²) in [5.41, 5.74) is 5.62. The average Bonchev–Trinajstić information content (AvgIpc) is 3.56. The van der Waals surface area contributed by atoms with Crippen LogP contribution in [-0.2, 0) is 11.3 Å². The van der Waals surface area contributed by atoms with E-state index in [1.807, 2.05) is 60.7 Å². The lowest BCUT2D eigenvalue weighted by Crippen LogP contribution is -2.21. The van der Waals surface area contributed by atoms with Crippen molar-refractivity contribution in [1.82, 2.24) is 29.9 Å². The van der Waals surface area contributed by atoms with Gasteiger partial charge < -0.3 is 4.74 Å². The van der Waals surface area contributed by atoms with Gasteiger partial charge in [0.05, 0.1) is 41.5 Å². The Hall–Kier alpha value is -6.21. The molecular formula is C35H28N8O2. The number of ether oxygens (including phenoxy) is 1. The Morgan fingerprint density at radius 3 is 2.42 bits per heavy atom. The van der Waals surface area contributed by atoms with E-state index in [1.54, 1.807) is 47.3 Å². The van der Waals surface area contributed by atoms with Gasteiger partial charge in [-0.25, -0.2) is 14.6 Å². The average molecular weight is 593 g/mol. The van der Waals surface area contributed by atoms with E-state index in [9.17, 15) is 10.1 Å². The van der Waals surface area contributed by atoms with E-state index in [-0.39, 0.29) is 18.5 Å². The first kappa shape index (κ1) is 28.9. The predicted octanol–water partition coefficient (Wildman–Crippen LogP) is 5.89. The molecular weight excluding hydrogens is 564 g/mol. The van der Waals surface area contributed by atoms with Gasteiger partial charge in [-0.1, -0.05) is 78.9 Å². The van der Waals surface area contributed by atoms with Crippen molar-refractivity contribution >= 4 is 11.9 Å². The number of nitriles is 1. The highest BCUT2D eigenvalue weighted by molar-refractivity contribution is 5.90. The molecule has 1 amide bonds. The van der Waals surface area contributed by atoms with E-state index in [4.69, 9.17) is 9.72 Å². The van der Waals surface area contributed by atoms with Crippen molar-refractivity contribution in [2.24, 2.45) is 0 Å². The quantitative estimate of drug-likeness (QED) is 0.208. The molecule has 6 aromatic rings. The molecule has 6 rings (SSSR count). The van der Waals surface area contributed by atoms with Gasteiger partial charge in [0.15, 0.2) is 6.61 Å². The first-order chi connectivity index (χ1) is 22.0. The maximum atomic E-state index is 12.8. The second kappa shape index (κ2) is 13.4. The zero-order valence-electron chi connectivity index (χ0n) is 24.4. The number of nitrogens with one attached hydrogen (secondary N) is 1. The van der Waals surface area contributed by atoms with Gasteiger partial charge in [0.2, 0.25) is 5.95 Å². The fourth-order valence-corrected chi connectivity index (χ4v) is 4.76. The smallest absolute Gasteiger partial charge is 0.264 e. The van der Waals surface area contributed by atoms with Crippen molar-refractivity contribution in [2.45, 2.75) is 19.4 Å². The molecule has 1 N–H and O–H groups in total. The minimum absolute atomic E-state index is 0.0744. The van der Waals surface area contributed by atoms with Gasteiger partial charge in [0, 0.05) is 17.2 Å². The molecule has 0 fully saturated rings. The first-order valence-electron chi connectivity index (χ1n) is 14.3. The number of para-hydroxylation sites is 1. The van der Waals surface area contributed by atoms with Crippen molar-refractivity contribution in [2.75, 3.05) is 11.9 Å². The minimum Gasteiger partial charge on any atom is -0.484 e. The highest BCUT2D eigenvalue weighted by Crippen LogP contribution is 2.26. The van der Waals surface area contributed by atoms with Crippen LogP contribution in [0, 0.1) is 11.3 Å². The Morgan fingerprint density at radius 1 is 0.867 bits per heavy atom. The van der Waals surface area contributed by atoms with Gasteiger partial charge in [-0.3, -0.25) is 15.1 Å². The van der Waals surface area contributed by atoms with Crippen LogP contribution in [0.1, 0.15) is 35.4 Å². The summed E-state index contributed by atoms with van der Waals surface area (Å²) in [4.78, 5) is 26.8. The Bertz CT molecular complexity index is 1970. The fraction of sp³-hybridized carbons (Fsp3) is 0.114. The Balaban J connectivity index is 1.25. The molecule has 0 aliphatic rings. The summed E-state index contributed by atoms with van der Waals surface area (Å²) in [6, 6.07) is 36.2. The van der Waals surface area contributed by atoms with Gasteiger partial charge in [-0.2, -0.15) is 5.26 Å². The van der Waals surface area contributed by atoms with E-state index in [1.165, 1.54) is 5.56 Å². The standard InChI is InChI=1S/C35H28N8O2/c1-24(26-11-4-2-5-12-26)30-17-9-14-28(37-30)21-43-22-33(41-42-43)32-19-31(27-13-8-10-25(18-27)20-36)38-35(39-32)40-34(44)23-45-29-15-6-3-7-16-29/h2-19,22,24H,21,23H2,1H3,(H,38,39,40,44). The summed E-state index contributed by atoms with van der Waals surface area (Å²) in [6.07, 6.45) is 1.77. The minimum atomic E-state index is -0.424. The summed E-state index contributed by atoms with van der Waals surface area (Å²) < 4.78 is 7.27. The number of amides is 1. The lowest BCUT2D eigenvalue weighted by molar-refractivity contribution is -0.118. The summed E-state index contributed by atoms with van der Waals surface area (Å²) in [7, 11) is 0. The second-order valence-corrected chi connectivity index (χ2v) is 10.3. The maximum Gasteiger partial charge on any atom is 0.264 e. The van der Waals surface area contributed by atoms with Gasteiger partial charge in [0.1, 0.15) is 11.4 Å². The van der Waals surface area contributed by atoms with Gasteiger partial charge in [-0.15, -0.1) is 5.10 Å². The summed E-state index contributed by atoms with van der Waals surface area (Å²) in [5, 5.41) is 20.8. The second-order valence-electron chi connectivity index (χ2n) is 10.3. The molecule has 0 spiro atoms. The molecule has 3 heterocycles. The van der Waals surface area contributed by atoms with Crippen LogP contribution in [0.25, 0.3) is 22.6 Å². The van der Waals surface area contributed by atoms with Crippen molar-refractivity contribution < 1.29 is 9.53 Å². The van der Waals surface area contributed by atoms with E-state index in [0.717, 1.165) is 11.4 Å². The largest absolute Gasteiger partial charge is 0.484 e. The molecule has 0 radical (unpaired) electrons. The van der Waals surface area contributed by atoms with Crippen LogP contribution < -0.4 is 10.1 Å². The third-order valence-electron chi connectivity index (χ3n) is 7.07. The number of nitrogens with zero attached hydrogens (tertiary/aromatic N) is 7. The van der Waals surface area contributed by atoms with Crippen LogP contribution in [0.15, 0.2) is 115 Å². The number of benzene rings is 3. The first-order valence-corrected chi connectivity index (χ1v) is 14.3. The van der Waals surface area contributed by atoms with Crippen LogP contribution in [0.4, 0.5) is 5.95 Å². The van der Waals surface area contributed by atoms with Crippen molar-refractivity contribution in [3.05, 3.63) is 138 Å². The molecule has 10 nitrogen and oxygen atoms in total. The number of hydrogen-bond acceptors (Lipinski definition) is 8. The highest BCUT2D eigenvalue weighted by atomic mass is 16.5. The monoisotopic (exact) mass is 592 g/mol. The van der Waals surface area contributed by atoms with Crippen molar-refractivity contribution in [3.63, 3.8) is 0 Å². The molecule has 10 heteroatoms. The van der Waals surface area contributed by atoms with Gasteiger partial charge in [0.25, 0.3) is 5.91 Å². The molecule has 45 heavy (non-hydrogen) atoms. The molecule has 0 bridgehead atoms. The molecule has 1 unspecified atom stereocenters. The number of hydrogen-bond donors (Lipinski definition) is 1. The predicted molar refractivity (Wildman–Crippen MR) is 169 cm³/mol. The lowest BCUT2D eigenvalue weighted by Gasteiger charge is -2.12. The van der Waals surface area contributed by atoms with E-state index in [2.05, 4.69) is 50.7 Å². The number of carbonyl (C=O) groups is 1. The Kier molecular flexibility index (Phi) is 8.60. The number of rotatable bonds is 10. The van der Waals surface area contributed by atoms with Crippen molar-refractivity contribution in [1.29, 1.82) is 5.26 Å². The fourth-order valence-electron chi connectivity index (χ4n) is 4.76. The van der Waals surface area contributed by atoms with Crippen LogP contribution in [-0.4, -0.2) is 42.5 Å². The van der Waals surface area contributed by atoms with E-state index < -0.39 is 5.91 Å². The molecule has 0 aliphatic carbocycles. The van der Waals surface area contributed by atoms with Crippen LogP contribution >= 0.6 is 0 Å². The molecule has 0 aliphatic heterocycles. The normalized spacial score (nSPS) is 11.4. The molecule has 3 aromatic heterocycles. The Morgan fingerprint density at radius 2 is 1.62 bits per heavy atom. The number of carbonyl (C=O) groups excluding carboxylic acids is 1. The topological polar surface area (TPSA) is 132 Å². The lowest BCUT2D eigenvalue weighted by atomic mass is 9.97. The van der Waals surface area contributed by atoms with E-state index in [0.29, 0.717) is 40.5 Å². The SMILES string of the molecule is CC(c1ccccc1)c1cccc(Cn2cc(-c3cc(-c4cccc(C#N)c4)nc(NC(=O)COc4ccccc4)n3)nn2)n1. The zero-order valence-corrected chi connectivity index (χ0v) is 24.4. The number of anilines is 1. The molecule has 220 valence electrons. The zero-order chi connectivity index (χ0) is 31.0. The number of pyridine rings is 1. The molecule has 0 saturated carbocycles.